The molecule has 2 aromatic rings. The maximum absolute atomic E-state index is 13.8. The number of benzene rings is 1. The van der Waals surface area contributed by atoms with Crippen LogP contribution in [0.4, 0.5) is 10.1 Å². The van der Waals surface area contributed by atoms with E-state index >= 15 is 0 Å². The number of hydrogen-bond donors (Lipinski definition) is 0. The van der Waals surface area contributed by atoms with Crippen molar-refractivity contribution < 1.29 is 8.91 Å². The maximum atomic E-state index is 13.8. The topological polar surface area (TPSA) is 45.4 Å². The predicted molar refractivity (Wildman–Crippen MR) is 77.6 cm³/mol. The lowest BCUT2D eigenvalue weighted by Gasteiger charge is -2.38. The largest absolute Gasteiger partial charge is 0.367 e. The third-order valence-corrected chi connectivity index (χ3v) is 3.96. The van der Waals surface area contributed by atoms with Gasteiger partial charge in [0.2, 0.25) is 5.89 Å². The number of anilines is 1. The highest BCUT2D eigenvalue weighted by Gasteiger charge is 2.26. The predicted octanol–water partition coefficient (Wildman–Crippen LogP) is 2.40. The van der Waals surface area contributed by atoms with Gasteiger partial charge in [0.15, 0.2) is 5.82 Å². The Morgan fingerprint density at radius 2 is 1.90 bits per heavy atom. The van der Waals surface area contributed by atoms with Gasteiger partial charge in [0.25, 0.3) is 0 Å². The van der Waals surface area contributed by atoms with E-state index in [0.29, 0.717) is 17.4 Å². The third kappa shape index (κ3) is 2.90. The Hall–Kier alpha value is -1.95. The lowest BCUT2D eigenvalue weighted by molar-refractivity contribution is 0.164. The lowest BCUT2D eigenvalue weighted by atomic mass is 10.2. The van der Waals surface area contributed by atoms with Gasteiger partial charge in [0.1, 0.15) is 5.82 Å². The van der Waals surface area contributed by atoms with Crippen LogP contribution in [0.2, 0.25) is 0 Å². The van der Waals surface area contributed by atoms with E-state index in [4.69, 9.17) is 4.52 Å². The third-order valence-electron chi connectivity index (χ3n) is 3.96. The van der Waals surface area contributed by atoms with Crippen LogP contribution in [0.25, 0.3) is 0 Å². The molecular weight excluding hydrogens is 271 g/mol. The molecule has 1 aliphatic heterocycles. The highest BCUT2D eigenvalue weighted by atomic mass is 19.1. The number of halogens is 1. The number of piperazine rings is 1. The summed E-state index contributed by atoms with van der Waals surface area (Å²) in [6, 6.07) is 7.01. The van der Waals surface area contributed by atoms with Gasteiger partial charge < -0.3 is 9.42 Å². The van der Waals surface area contributed by atoms with Gasteiger partial charge in [-0.3, -0.25) is 4.90 Å². The molecule has 0 N–H and O–H groups in total. The van der Waals surface area contributed by atoms with Crippen molar-refractivity contribution in [3.05, 3.63) is 41.8 Å². The Labute approximate surface area is 123 Å². The Morgan fingerprint density at radius 1 is 1.19 bits per heavy atom. The molecule has 0 radical (unpaired) electrons. The highest BCUT2D eigenvalue weighted by Crippen LogP contribution is 2.24. The first-order chi connectivity index (χ1) is 10.1. The molecule has 0 aliphatic carbocycles. The van der Waals surface area contributed by atoms with E-state index in [9.17, 15) is 4.39 Å². The quantitative estimate of drug-likeness (QED) is 0.868. The monoisotopic (exact) mass is 290 g/mol. The molecule has 1 fully saturated rings. The fraction of sp³-hybridized carbons (Fsp3) is 0.467. The minimum atomic E-state index is -0.161. The molecule has 0 saturated carbocycles. The summed E-state index contributed by atoms with van der Waals surface area (Å²) in [5.41, 5.74) is 0.679. The molecule has 1 aliphatic rings. The summed E-state index contributed by atoms with van der Waals surface area (Å²) in [6.07, 6.45) is 0. The van der Waals surface area contributed by atoms with Crippen LogP contribution in [0, 0.1) is 12.7 Å². The molecule has 2 heterocycles. The van der Waals surface area contributed by atoms with Crippen LogP contribution in [0.5, 0.6) is 0 Å². The molecule has 1 aromatic heterocycles. The standard InChI is InChI=1S/C15H19FN4O/c1-11(15-17-12(2)18-21-15)19-7-9-20(10-8-19)14-6-4-3-5-13(14)16/h3-6,11H,7-10H2,1-2H3/t11-/m1/s1. The summed E-state index contributed by atoms with van der Waals surface area (Å²) in [5, 5.41) is 3.83. The van der Waals surface area contributed by atoms with E-state index in [2.05, 4.69) is 26.9 Å². The van der Waals surface area contributed by atoms with Gasteiger partial charge in [0.05, 0.1) is 11.7 Å². The summed E-state index contributed by atoms with van der Waals surface area (Å²) in [5.74, 6) is 1.14. The van der Waals surface area contributed by atoms with Crippen molar-refractivity contribution in [3.8, 4) is 0 Å². The molecule has 1 saturated heterocycles. The molecule has 5 nitrogen and oxygen atoms in total. The van der Waals surface area contributed by atoms with Crippen LogP contribution >= 0.6 is 0 Å². The smallest absolute Gasteiger partial charge is 0.243 e. The van der Waals surface area contributed by atoms with E-state index < -0.39 is 0 Å². The van der Waals surface area contributed by atoms with Gasteiger partial charge in [-0.1, -0.05) is 17.3 Å². The second-order valence-corrected chi connectivity index (χ2v) is 5.33. The van der Waals surface area contributed by atoms with Crippen LogP contribution in [-0.2, 0) is 0 Å². The van der Waals surface area contributed by atoms with Gasteiger partial charge in [-0.05, 0) is 26.0 Å². The molecule has 0 amide bonds. The first-order valence-electron chi connectivity index (χ1n) is 7.19. The van der Waals surface area contributed by atoms with E-state index in [1.807, 2.05) is 19.1 Å². The van der Waals surface area contributed by atoms with Crippen LogP contribution in [0.15, 0.2) is 28.8 Å². The van der Waals surface area contributed by atoms with E-state index in [0.717, 1.165) is 26.2 Å². The van der Waals surface area contributed by atoms with Gasteiger partial charge >= 0.3 is 0 Å². The Kier molecular flexibility index (Phi) is 3.88. The summed E-state index contributed by atoms with van der Waals surface area (Å²) >= 11 is 0. The van der Waals surface area contributed by atoms with Gasteiger partial charge in [0, 0.05) is 26.2 Å². The van der Waals surface area contributed by atoms with Gasteiger partial charge in [-0.25, -0.2) is 4.39 Å². The fourth-order valence-electron chi connectivity index (χ4n) is 2.70. The molecule has 112 valence electrons. The molecule has 0 unspecified atom stereocenters. The Balaban J connectivity index is 1.64. The van der Waals surface area contributed by atoms with E-state index in [-0.39, 0.29) is 11.9 Å². The van der Waals surface area contributed by atoms with Crippen molar-refractivity contribution in [1.29, 1.82) is 0 Å². The highest BCUT2D eigenvalue weighted by molar-refractivity contribution is 5.48. The van der Waals surface area contributed by atoms with Crippen LogP contribution in [0.3, 0.4) is 0 Å². The van der Waals surface area contributed by atoms with Crippen molar-refractivity contribution >= 4 is 5.69 Å². The van der Waals surface area contributed by atoms with Gasteiger partial charge in [-0.2, -0.15) is 4.98 Å². The van der Waals surface area contributed by atoms with Crippen molar-refractivity contribution in [3.63, 3.8) is 0 Å². The van der Waals surface area contributed by atoms with E-state index in [1.165, 1.54) is 6.07 Å². The number of aryl methyl sites for hydroxylation is 1. The fourth-order valence-corrected chi connectivity index (χ4v) is 2.70. The average molecular weight is 290 g/mol. The summed E-state index contributed by atoms with van der Waals surface area (Å²) < 4.78 is 19.0. The lowest BCUT2D eigenvalue weighted by Crippen LogP contribution is -2.47. The Morgan fingerprint density at radius 3 is 2.52 bits per heavy atom. The average Bonchev–Trinajstić information content (AvgIpc) is 2.94. The molecule has 21 heavy (non-hydrogen) atoms. The number of aromatic nitrogens is 2. The van der Waals surface area contributed by atoms with Crippen molar-refractivity contribution in [1.82, 2.24) is 15.0 Å². The van der Waals surface area contributed by atoms with E-state index in [1.54, 1.807) is 6.07 Å². The van der Waals surface area contributed by atoms with Crippen LogP contribution in [0.1, 0.15) is 24.7 Å². The second-order valence-electron chi connectivity index (χ2n) is 5.33. The molecule has 6 heteroatoms. The van der Waals surface area contributed by atoms with Crippen LogP contribution < -0.4 is 4.90 Å². The molecule has 1 aromatic carbocycles. The normalized spacial score (nSPS) is 18.0. The SMILES string of the molecule is Cc1noc([C@@H](C)N2CCN(c3ccccc3F)CC2)n1. The Bertz CT molecular complexity index is 607. The number of hydrogen-bond acceptors (Lipinski definition) is 5. The van der Waals surface area contributed by atoms with Crippen molar-refractivity contribution in [2.75, 3.05) is 31.1 Å². The zero-order valence-electron chi connectivity index (χ0n) is 12.3. The summed E-state index contributed by atoms with van der Waals surface area (Å²) in [7, 11) is 0. The molecule has 0 bridgehead atoms. The molecule has 0 spiro atoms. The van der Waals surface area contributed by atoms with Crippen molar-refractivity contribution in [2.24, 2.45) is 0 Å². The summed E-state index contributed by atoms with van der Waals surface area (Å²) in [4.78, 5) is 8.65. The maximum Gasteiger partial charge on any atom is 0.243 e. The number of rotatable bonds is 3. The molecular formula is C15H19FN4O. The zero-order chi connectivity index (χ0) is 14.8. The molecule has 3 rings (SSSR count). The van der Waals surface area contributed by atoms with Crippen molar-refractivity contribution in [2.45, 2.75) is 19.9 Å². The first-order valence-corrected chi connectivity index (χ1v) is 7.19. The first kappa shape index (κ1) is 14.0. The van der Waals surface area contributed by atoms with Crippen LogP contribution in [-0.4, -0.2) is 41.2 Å². The van der Waals surface area contributed by atoms with Gasteiger partial charge in [-0.15, -0.1) is 0 Å². The second kappa shape index (κ2) is 5.81. The number of nitrogens with zero attached hydrogens (tertiary/aromatic N) is 4. The zero-order valence-corrected chi connectivity index (χ0v) is 12.3. The minimum Gasteiger partial charge on any atom is -0.367 e. The molecule has 1 atom stereocenters. The number of para-hydroxylation sites is 1. The summed E-state index contributed by atoms with van der Waals surface area (Å²) in [6.45, 7) is 7.15. The minimum absolute atomic E-state index is 0.0916.